The number of alkyl halides is 1. The number of hydrogen-bond acceptors (Lipinski definition) is 1. The van der Waals surface area contributed by atoms with E-state index in [0.717, 1.165) is 25.9 Å². The Morgan fingerprint density at radius 1 is 1.00 bits per heavy atom. The molecule has 1 amide bonds. The zero-order chi connectivity index (χ0) is 14.0. The Kier molecular flexibility index (Phi) is 9.53. The van der Waals surface area contributed by atoms with Crippen LogP contribution in [0.15, 0.2) is 0 Å². The van der Waals surface area contributed by atoms with Crippen LogP contribution in [0.1, 0.15) is 66.2 Å². The van der Waals surface area contributed by atoms with Gasteiger partial charge in [-0.2, -0.15) is 0 Å². The average Bonchev–Trinajstić information content (AvgIpc) is 2.36. The average molecular weight is 276 g/mol. The molecule has 0 saturated heterocycles. The third-order valence-corrected chi connectivity index (χ3v) is 3.93. The molecular weight excluding hydrogens is 246 g/mol. The summed E-state index contributed by atoms with van der Waals surface area (Å²) in [5.41, 5.74) is -0.431. The predicted molar refractivity (Wildman–Crippen MR) is 80.1 cm³/mol. The van der Waals surface area contributed by atoms with E-state index < -0.39 is 5.41 Å². The van der Waals surface area contributed by atoms with Gasteiger partial charge in [-0.1, -0.05) is 39.5 Å². The van der Waals surface area contributed by atoms with Crippen molar-refractivity contribution in [3.8, 4) is 0 Å². The molecule has 108 valence electrons. The Hall–Kier alpha value is -0.240. The molecule has 0 spiro atoms. The van der Waals surface area contributed by atoms with Crippen molar-refractivity contribution in [2.45, 2.75) is 66.2 Å². The second-order valence-electron chi connectivity index (χ2n) is 5.72. The van der Waals surface area contributed by atoms with Crippen molar-refractivity contribution in [1.29, 1.82) is 0 Å². The predicted octanol–water partition coefficient (Wildman–Crippen LogP) is 4.46. The van der Waals surface area contributed by atoms with E-state index in [1.165, 1.54) is 25.7 Å². The Labute approximate surface area is 118 Å². The number of carbonyl (C=O) groups is 1. The molecule has 18 heavy (non-hydrogen) atoms. The number of unbranched alkanes of at least 4 members (excludes halogenated alkanes) is 4. The fraction of sp³-hybridized carbons (Fsp3) is 0.933. The van der Waals surface area contributed by atoms with Crippen molar-refractivity contribution in [2.24, 2.45) is 5.41 Å². The van der Waals surface area contributed by atoms with Crippen LogP contribution in [-0.2, 0) is 4.79 Å². The van der Waals surface area contributed by atoms with E-state index in [9.17, 15) is 4.79 Å². The lowest BCUT2D eigenvalue weighted by Crippen LogP contribution is -2.43. The summed E-state index contributed by atoms with van der Waals surface area (Å²) >= 11 is 5.91. The molecule has 0 unspecified atom stereocenters. The van der Waals surface area contributed by atoms with Crippen LogP contribution in [0, 0.1) is 5.41 Å². The van der Waals surface area contributed by atoms with E-state index in [0.29, 0.717) is 5.88 Å². The number of halogens is 1. The van der Waals surface area contributed by atoms with Gasteiger partial charge in [-0.05, 0) is 26.7 Å². The maximum atomic E-state index is 12.4. The normalized spacial score (nSPS) is 11.6. The molecule has 0 saturated carbocycles. The van der Waals surface area contributed by atoms with Gasteiger partial charge in [0.05, 0.1) is 5.41 Å². The topological polar surface area (TPSA) is 20.3 Å². The molecule has 0 rings (SSSR count). The van der Waals surface area contributed by atoms with Crippen molar-refractivity contribution in [3.05, 3.63) is 0 Å². The minimum atomic E-state index is -0.431. The molecule has 0 heterocycles. The van der Waals surface area contributed by atoms with E-state index >= 15 is 0 Å². The molecule has 0 bridgehead atoms. The fourth-order valence-electron chi connectivity index (χ4n) is 1.91. The lowest BCUT2D eigenvalue weighted by molar-refractivity contribution is -0.139. The Morgan fingerprint density at radius 2 is 1.44 bits per heavy atom. The molecule has 0 N–H and O–H groups in total. The molecule has 0 aromatic carbocycles. The van der Waals surface area contributed by atoms with Gasteiger partial charge >= 0.3 is 0 Å². The molecule has 0 aromatic rings. The lowest BCUT2D eigenvalue weighted by atomic mass is 9.94. The third kappa shape index (κ3) is 6.63. The standard InChI is InChI=1S/C15H30ClNO/c1-5-7-9-11-17(12-10-8-6-2)14(18)15(3,4)13-16/h5-13H2,1-4H3. The maximum absolute atomic E-state index is 12.4. The molecule has 0 atom stereocenters. The molecule has 2 nitrogen and oxygen atoms in total. The van der Waals surface area contributed by atoms with Gasteiger partial charge in [-0.25, -0.2) is 0 Å². The smallest absolute Gasteiger partial charge is 0.229 e. The van der Waals surface area contributed by atoms with Crippen LogP contribution in [0.2, 0.25) is 0 Å². The number of hydrogen-bond donors (Lipinski definition) is 0. The van der Waals surface area contributed by atoms with Gasteiger partial charge in [0, 0.05) is 19.0 Å². The summed E-state index contributed by atoms with van der Waals surface area (Å²) in [4.78, 5) is 14.4. The zero-order valence-corrected chi connectivity index (χ0v) is 13.4. The summed E-state index contributed by atoms with van der Waals surface area (Å²) in [5, 5.41) is 0. The van der Waals surface area contributed by atoms with Crippen LogP contribution in [0.5, 0.6) is 0 Å². The van der Waals surface area contributed by atoms with Crippen LogP contribution in [-0.4, -0.2) is 29.8 Å². The number of amides is 1. The Bertz CT molecular complexity index is 219. The highest BCUT2D eigenvalue weighted by molar-refractivity contribution is 6.19. The fourth-order valence-corrected chi connectivity index (χ4v) is 2.02. The first kappa shape index (κ1) is 17.8. The first-order valence-corrected chi connectivity index (χ1v) is 7.88. The van der Waals surface area contributed by atoms with Crippen LogP contribution < -0.4 is 0 Å². The van der Waals surface area contributed by atoms with Gasteiger partial charge in [0.15, 0.2) is 0 Å². The largest absolute Gasteiger partial charge is 0.342 e. The number of rotatable bonds is 10. The molecule has 0 radical (unpaired) electrons. The van der Waals surface area contributed by atoms with Crippen molar-refractivity contribution >= 4 is 17.5 Å². The zero-order valence-electron chi connectivity index (χ0n) is 12.6. The van der Waals surface area contributed by atoms with Crippen LogP contribution >= 0.6 is 11.6 Å². The summed E-state index contributed by atoms with van der Waals surface area (Å²) in [6.07, 6.45) is 6.98. The quantitative estimate of drug-likeness (QED) is 0.426. The van der Waals surface area contributed by atoms with Crippen molar-refractivity contribution < 1.29 is 4.79 Å². The third-order valence-electron chi connectivity index (χ3n) is 3.26. The Balaban J connectivity index is 4.38. The lowest BCUT2D eigenvalue weighted by Gasteiger charge is -2.31. The molecule has 3 heteroatoms. The highest BCUT2D eigenvalue weighted by atomic mass is 35.5. The molecule has 0 aliphatic heterocycles. The van der Waals surface area contributed by atoms with Crippen molar-refractivity contribution in [2.75, 3.05) is 19.0 Å². The van der Waals surface area contributed by atoms with Crippen LogP contribution in [0.3, 0.4) is 0 Å². The highest BCUT2D eigenvalue weighted by Crippen LogP contribution is 2.21. The minimum absolute atomic E-state index is 0.213. The highest BCUT2D eigenvalue weighted by Gasteiger charge is 2.30. The molecule has 0 aliphatic carbocycles. The number of carbonyl (C=O) groups excluding carboxylic acids is 1. The van der Waals surface area contributed by atoms with E-state index in [2.05, 4.69) is 13.8 Å². The monoisotopic (exact) mass is 275 g/mol. The molecule has 0 aliphatic rings. The summed E-state index contributed by atoms with van der Waals surface area (Å²) in [6, 6.07) is 0. The van der Waals surface area contributed by atoms with Crippen LogP contribution in [0.25, 0.3) is 0 Å². The van der Waals surface area contributed by atoms with E-state index in [4.69, 9.17) is 11.6 Å². The summed E-state index contributed by atoms with van der Waals surface area (Å²) < 4.78 is 0. The van der Waals surface area contributed by atoms with Crippen molar-refractivity contribution in [1.82, 2.24) is 4.90 Å². The van der Waals surface area contributed by atoms with E-state index in [1.807, 2.05) is 18.7 Å². The Morgan fingerprint density at radius 3 is 1.78 bits per heavy atom. The van der Waals surface area contributed by atoms with Gasteiger partial charge < -0.3 is 4.90 Å². The summed E-state index contributed by atoms with van der Waals surface area (Å²) in [5.74, 6) is 0.605. The van der Waals surface area contributed by atoms with Gasteiger partial charge in [0.2, 0.25) is 5.91 Å². The minimum Gasteiger partial charge on any atom is -0.342 e. The van der Waals surface area contributed by atoms with Gasteiger partial charge in [-0.15, -0.1) is 11.6 Å². The molecular formula is C15H30ClNO. The molecule has 0 aromatic heterocycles. The van der Waals surface area contributed by atoms with E-state index in [1.54, 1.807) is 0 Å². The van der Waals surface area contributed by atoms with Gasteiger partial charge in [-0.3, -0.25) is 4.79 Å². The first-order chi connectivity index (χ1) is 8.49. The van der Waals surface area contributed by atoms with E-state index in [-0.39, 0.29) is 5.91 Å². The molecule has 0 fully saturated rings. The SMILES string of the molecule is CCCCCN(CCCCC)C(=O)C(C)(C)CCl. The summed E-state index contributed by atoms with van der Waals surface area (Å²) in [7, 11) is 0. The van der Waals surface area contributed by atoms with Gasteiger partial charge in [0.25, 0.3) is 0 Å². The first-order valence-electron chi connectivity index (χ1n) is 7.35. The maximum Gasteiger partial charge on any atom is 0.229 e. The second-order valence-corrected chi connectivity index (χ2v) is 5.99. The summed E-state index contributed by atoms with van der Waals surface area (Å²) in [6.45, 7) is 10.0. The van der Waals surface area contributed by atoms with Crippen molar-refractivity contribution in [3.63, 3.8) is 0 Å². The second kappa shape index (κ2) is 9.66. The number of nitrogens with zero attached hydrogens (tertiary/aromatic N) is 1. The van der Waals surface area contributed by atoms with Gasteiger partial charge in [0.1, 0.15) is 0 Å². The van der Waals surface area contributed by atoms with Crippen LogP contribution in [0.4, 0.5) is 0 Å².